The van der Waals surface area contributed by atoms with E-state index in [1.807, 2.05) is 64.1 Å². The fraction of sp³-hybridized carbons (Fsp3) is 0.214. The largest absolute Gasteiger partial charge is 0.493 e. The van der Waals surface area contributed by atoms with Crippen LogP contribution in [-0.2, 0) is 9.59 Å². The van der Waals surface area contributed by atoms with Crippen LogP contribution in [0.3, 0.4) is 0 Å². The standard InChI is InChI=1S/C28H28N2O4/c1-16-7-8-18(3)22(13-16)30-27(31)25(20-10-9-17(2)19(4)14-20)26(28(30)32)29-21-11-12-23(33-5)24(15-21)34-6/h7-15,29H,1-6H3. The molecule has 0 unspecified atom stereocenters. The summed E-state index contributed by atoms with van der Waals surface area (Å²) in [5, 5.41) is 3.20. The van der Waals surface area contributed by atoms with Crippen molar-refractivity contribution < 1.29 is 19.1 Å². The summed E-state index contributed by atoms with van der Waals surface area (Å²) < 4.78 is 10.7. The van der Waals surface area contributed by atoms with Gasteiger partial charge in [0.2, 0.25) is 0 Å². The molecule has 3 aromatic carbocycles. The zero-order valence-corrected chi connectivity index (χ0v) is 20.3. The molecule has 1 aliphatic rings. The van der Waals surface area contributed by atoms with E-state index in [1.165, 1.54) is 4.90 Å². The van der Waals surface area contributed by atoms with E-state index in [9.17, 15) is 9.59 Å². The van der Waals surface area contributed by atoms with Crippen LogP contribution in [0.2, 0.25) is 0 Å². The lowest BCUT2D eigenvalue weighted by atomic mass is 9.99. The highest BCUT2D eigenvalue weighted by molar-refractivity contribution is 6.46. The Balaban J connectivity index is 1.86. The maximum absolute atomic E-state index is 13.8. The third-order valence-corrected chi connectivity index (χ3v) is 6.14. The molecule has 1 aliphatic heterocycles. The molecule has 6 heteroatoms. The molecule has 4 rings (SSSR count). The average molecular weight is 457 g/mol. The second-order valence-corrected chi connectivity index (χ2v) is 8.48. The summed E-state index contributed by atoms with van der Waals surface area (Å²) in [4.78, 5) is 28.7. The lowest BCUT2D eigenvalue weighted by Gasteiger charge is -2.18. The number of hydrogen-bond donors (Lipinski definition) is 1. The number of nitrogens with one attached hydrogen (secondary N) is 1. The van der Waals surface area contributed by atoms with Crippen molar-refractivity contribution in [1.82, 2.24) is 0 Å². The zero-order valence-electron chi connectivity index (χ0n) is 20.3. The number of carbonyl (C=O) groups is 2. The van der Waals surface area contributed by atoms with E-state index in [0.29, 0.717) is 34.0 Å². The third kappa shape index (κ3) is 4.03. The second-order valence-electron chi connectivity index (χ2n) is 8.48. The van der Waals surface area contributed by atoms with Crippen molar-refractivity contribution in [1.29, 1.82) is 0 Å². The Bertz CT molecular complexity index is 1340. The minimum Gasteiger partial charge on any atom is -0.493 e. The first-order chi connectivity index (χ1) is 16.2. The number of methoxy groups -OCH3 is 2. The predicted octanol–water partition coefficient (Wildman–Crippen LogP) is 5.33. The number of anilines is 2. The summed E-state index contributed by atoms with van der Waals surface area (Å²) in [5.74, 6) is 0.331. The fourth-order valence-corrected chi connectivity index (χ4v) is 4.05. The number of nitrogens with zero attached hydrogens (tertiary/aromatic N) is 1. The third-order valence-electron chi connectivity index (χ3n) is 6.14. The van der Waals surface area contributed by atoms with Crippen LogP contribution >= 0.6 is 0 Å². The molecule has 0 aromatic heterocycles. The van der Waals surface area contributed by atoms with Gasteiger partial charge in [-0.25, -0.2) is 4.90 Å². The molecule has 0 atom stereocenters. The van der Waals surface area contributed by atoms with Crippen molar-refractivity contribution in [3.05, 3.63) is 88.1 Å². The Morgan fingerprint density at radius 1 is 0.706 bits per heavy atom. The van der Waals surface area contributed by atoms with Gasteiger partial charge in [0, 0.05) is 11.8 Å². The van der Waals surface area contributed by atoms with Crippen molar-refractivity contribution in [3.63, 3.8) is 0 Å². The molecule has 3 aromatic rings. The van der Waals surface area contributed by atoms with Gasteiger partial charge in [-0.3, -0.25) is 9.59 Å². The average Bonchev–Trinajstić information content (AvgIpc) is 3.06. The normalized spacial score (nSPS) is 13.5. The van der Waals surface area contributed by atoms with E-state index >= 15 is 0 Å². The molecule has 0 radical (unpaired) electrons. The van der Waals surface area contributed by atoms with E-state index in [4.69, 9.17) is 9.47 Å². The van der Waals surface area contributed by atoms with Crippen LogP contribution in [0.15, 0.2) is 60.3 Å². The maximum atomic E-state index is 13.8. The Morgan fingerprint density at radius 2 is 1.41 bits per heavy atom. The summed E-state index contributed by atoms with van der Waals surface area (Å²) in [6, 6.07) is 16.8. The van der Waals surface area contributed by atoms with Crippen molar-refractivity contribution in [2.24, 2.45) is 0 Å². The van der Waals surface area contributed by atoms with Crippen LogP contribution in [0.25, 0.3) is 5.57 Å². The maximum Gasteiger partial charge on any atom is 0.282 e. The molecule has 0 saturated heterocycles. The van der Waals surface area contributed by atoms with Gasteiger partial charge in [-0.05, 0) is 73.7 Å². The number of carbonyl (C=O) groups excluding carboxylic acids is 2. The van der Waals surface area contributed by atoms with E-state index in [0.717, 1.165) is 22.3 Å². The smallest absolute Gasteiger partial charge is 0.282 e. The Kier molecular flexibility index (Phi) is 6.16. The van der Waals surface area contributed by atoms with Crippen molar-refractivity contribution >= 4 is 28.8 Å². The zero-order chi connectivity index (χ0) is 24.6. The van der Waals surface area contributed by atoms with Gasteiger partial charge in [0.05, 0.1) is 25.5 Å². The van der Waals surface area contributed by atoms with E-state index in [1.54, 1.807) is 32.4 Å². The van der Waals surface area contributed by atoms with E-state index < -0.39 is 5.91 Å². The molecule has 0 fully saturated rings. The first kappa shape index (κ1) is 23.1. The van der Waals surface area contributed by atoms with Gasteiger partial charge in [0.15, 0.2) is 11.5 Å². The summed E-state index contributed by atoms with van der Waals surface area (Å²) in [6.07, 6.45) is 0. The van der Waals surface area contributed by atoms with Gasteiger partial charge in [0.25, 0.3) is 11.8 Å². The number of aryl methyl sites for hydroxylation is 4. The Labute approximate surface area is 199 Å². The molecule has 2 amide bonds. The first-order valence-corrected chi connectivity index (χ1v) is 11.0. The molecule has 0 bridgehead atoms. The molecule has 174 valence electrons. The number of imide groups is 1. The Morgan fingerprint density at radius 3 is 2.09 bits per heavy atom. The molecule has 1 N–H and O–H groups in total. The topological polar surface area (TPSA) is 67.9 Å². The highest BCUT2D eigenvalue weighted by Gasteiger charge is 2.41. The van der Waals surface area contributed by atoms with Gasteiger partial charge in [-0.15, -0.1) is 0 Å². The van der Waals surface area contributed by atoms with Crippen LogP contribution in [0.4, 0.5) is 11.4 Å². The van der Waals surface area contributed by atoms with Crippen molar-refractivity contribution in [2.45, 2.75) is 27.7 Å². The van der Waals surface area contributed by atoms with Crippen molar-refractivity contribution in [2.75, 3.05) is 24.4 Å². The molecule has 34 heavy (non-hydrogen) atoms. The minimum atomic E-state index is -0.401. The molecule has 0 aliphatic carbocycles. The number of benzene rings is 3. The summed E-state index contributed by atoms with van der Waals surface area (Å²) in [5.41, 5.74) is 6.41. The summed E-state index contributed by atoms with van der Waals surface area (Å²) in [6.45, 7) is 7.84. The van der Waals surface area contributed by atoms with Gasteiger partial charge in [-0.1, -0.05) is 30.3 Å². The minimum absolute atomic E-state index is 0.223. The SMILES string of the molecule is COc1ccc(NC2=C(c3ccc(C)c(C)c3)C(=O)N(c3cc(C)ccc3C)C2=O)cc1OC. The van der Waals surface area contributed by atoms with Gasteiger partial charge in [0.1, 0.15) is 5.70 Å². The summed E-state index contributed by atoms with van der Waals surface area (Å²) >= 11 is 0. The molecule has 1 heterocycles. The number of rotatable bonds is 6. The molecule has 0 spiro atoms. The van der Waals surface area contributed by atoms with Crippen LogP contribution < -0.4 is 19.7 Å². The lowest BCUT2D eigenvalue weighted by Crippen LogP contribution is -2.33. The van der Waals surface area contributed by atoms with Gasteiger partial charge >= 0.3 is 0 Å². The molecular formula is C28H28N2O4. The summed E-state index contributed by atoms with van der Waals surface area (Å²) in [7, 11) is 3.11. The number of amides is 2. The van der Waals surface area contributed by atoms with E-state index in [-0.39, 0.29) is 11.6 Å². The molecular weight excluding hydrogens is 428 g/mol. The monoisotopic (exact) mass is 456 g/mol. The highest BCUT2D eigenvalue weighted by Crippen LogP contribution is 2.37. The quantitative estimate of drug-likeness (QED) is 0.508. The number of ether oxygens (including phenoxy) is 2. The van der Waals surface area contributed by atoms with Crippen molar-refractivity contribution in [3.8, 4) is 11.5 Å². The molecule has 0 saturated carbocycles. The highest BCUT2D eigenvalue weighted by atomic mass is 16.5. The van der Waals surface area contributed by atoms with E-state index in [2.05, 4.69) is 5.32 Å². The first-order valence-electron chi connectivity index (χ1n) is 11.0. The Hall–Kier alpha value is -4.06. The van der Waals surface area contributed by atoms with Gasteiger partial charge < -0.3 is 14.8 Å². The van der Waals surface area contributed by atoms with Crippen LogP contribution in [0.1, 0.15) is 27.8 Å². The molecule has 6 nitrogen and oxygen atoms in total. The number of hydrogen-bond acceptors (Lipinski definition) is 5. The fourth-order valence-electron chi connectivity index (χ4n) is 4.05. The van der Waals surface area contributed by atoms with Crippen LogP contribution in [0.5, 0.6) is 11.5 Å². The van der Waals surface area contributed by atoms with Gasteiger partial charge in [-0.2, -0.15) is 0 Å². The second kappa shape index (κ2) is 9.06. The predicted molar refractivity (Wildman–Crippen MR) is 134 cm³/mol. The van der Waals surface area contributed by atoms with Crippen LogP contribution in [0, 0.1) is 27.7 Å². The lowest BCUT2D eigenvalue weighted by molar-refractivity contribution is -0.120. The van der Waals surface area contributed by atoms with Crippen LogP contribution in [-0.4, -0.2) is 26.0 Å².